The highest BCUT2D eigenvalue weighted by Crippen LogP contribution is 2.27. The molecule has 0 aliphatic rings. The van der Waals surface area contributed by atoms with E-state index in [1.807, 2.05) is 67.6 Å². The van der Waals surface area contributed by atoms with Crippen molar-refractivity contribution < 1.29 is 14.3 Å². The molecule has 4 heteroatoms. The topological polar surface area (TPSA) is 55.4 Å². The molecule has 3 aromatic carbocycles. The number of esters is 1. The maximum absolute atomic E-state index is 12.7. The van der Waals surface area contributed by atoms with Gasteiger partial charge < -0.3 is 10.1 Å². The Balaban J connectivity index is 1.66. The number of rotatable bonds is 7. The molecule has 0 aliphatic heterocycles. The van der Waals surface area contributed by atoms with E-state index in [1.165, 1.54) is 0 Å². The highest BCUT2D eigenvalue weighted by Gasteiger charge is 2.16. The Kier molecular flexibility index (Phi) is 7.02. The summed E-state index contributed by atoms with van der Waals surface area (Å²) in [6, 6.07) is 23.2. The second kappa shape index (κ2) is 9.88. The van der Waals surface area contributed by atoms with Crippen LogP contribution in [0.25, 0.3) is 0 Å². The third kappa shape index (κ3) is 5.35. The van der Waals surface area contributed by atoms with Gasteiger partial charge in [0.2, 0.25) is 0 Å². The summed E-state index contributed by atoms with van der Waals surface area (Å²) in [5.41, 5.74) is 5.29. The smallest absolute Gasteiger partial charge is 0.338 e. The van der Waals surface area contributed by atoms with Gasteiger partial charge in [-0.1, -0.05) is 80.6 Å². The molecule has 0 heterocycles. The number of para-hydroxylation sites is 1. The zero-order valence-corrected chi connectivity index (χ0v) is 17.6. The molecular formula is C26H27NO3. The van der Waals surface area contributed by atoms with E-state index in [-0.39, 0.29) is 18.4 Å². The van der Waals surface area contributed by atoms with Crippen molar-refractivity contribution in [3.8, 4) is 0 Å². The number of aryl methyl sites for hydroxylation is 1. The minimum Gasteiger partial charge on any atom is -0.452 e. The molecule has 1 amide bonds. The van der Waals surface area contributed by atoms with Crippen LogP contribution in [-0.4, -0.2) is 18.5 Å². The first-order valence-electron chi connectivity index (χ1n) is 10.1. The number of amides is 1. The van der Waals surface area contributed by atoms with Crippen LogP contribution in [0.2, 0.25) is 0 Å². The SMILES string of the molecule is Cc1cccc(C(C)C)c1NC(=O)COC(=O)c1ccccc1Cc1ccccc1. The van der Waals surface area contributed by atoms with Crippen LogP contribution in [-0.2, 0) is 16.0 Å². The third-order valence-corrected chi connectivity index (χ3v) is 5.00. The number of nitrogens with one attached hydrogen (secondary N) is 1. The third-order valence-electron chi connectivity index (χ3n) is 5.00. The summed E-state index contributed by atoms with van der Waals surface area (Å²) in [7, 11) is 0. The molecule has 4 nitrogen and oxygen atoms in total. The van der Waals surface area contributed by atoms with E-state index in [1.54, 1.807) is 12.1 Å². The van der Waals surface area contributed by atoms with E-state index in [0.29, 0.717) is 12.0 Å². The standard InChI is InChI=1S/C26H27NO3/c1-18(2)22-15-9-10-19(3)25(22)27-24(28)17-30-26(29)23-14-8-7-13-21(23)16-20-11-5-4-6-12-20/h4-15,18H,16-17H2,1-3H3,(H,27,28). The number of anilines is 1. The zero-order valence-electron chi connectivity index (χ0n) is 17.6. The maximum atomic E-state index is 12.7. The van der Waals surface area contributed by atoms with E-state index < -0.39 is 5.97 Å². The number of benzene rings is 3. The first kappa shape index (κ1) is 21.3. The van der Waals surface area contributed by atoms with Crippen molar-refractivity contribution in [3.05, 3.63) is 101 Å². The lowest BCUT2D eigenvalue weighted by atomic mass is 9.98. The van der Waals surface area contributed by atoms with Crippen molar-refractivity contribution in [2.24, 2.45) is 0 Å². The Bertz CT molecular complexity index is 1030. The monoisotopic (exact) mass is 401 g/mol. The van der Waals surface area contributed by atoms with Crippen molar-refractivity contribution >= 4 is 17.6 Å². The fourth-order valence-electron chi connectivity index (χ4n) is 3.42. The molecular weight excluding hydrogens is 374 g/mol. The molecule has 0 aromatic heterocycles. The van der Waals surface area contributed by atoms with Crippen LogP contribution in [0.5, 0.6) is 0 Å². The summed E-state index contributed by atoms with van der Waals surface area (Å²) < 4.78 is 5.33. The van der Waals surface area contributed by atoms with Crippen molar-refractivity contribution in [1.82, 2.24) is 0 Å². The largest absolute Gasteiger partial charge is 0.452 e. The van der Waals surface area contributed by atoms with Gasteiger partial charge in [-0.15, -0.1) is 0 Å². The molecule has 1 N–H and O–H groups in total. The van der Waals surface area contributed by atoms with E-state index in [2.05, 4.69) is 19.2 Å². The molecule has 0 saturated carbocycles. The van der Waals surface area contributed by atoms with Gasteiger partial charge in [-0.05, 0) is 47.6 Å². The first-order valence-corrected chi connectivity index (χ1v) is 10.1. The van der Waals surface area contributed by atoms with Gasteiger partial charge in [0.1, 0.15) is 0 Å². The molecule has 3 rings (SSSR count). The van der Waals surface area contributed by atoms with Gasteiger partial charge in [0.15, 0.2) is 6.61 Å². The highest BCUT2D eigenvalue weighted by molar-refractivity contribution is 5.97. The Morgan fingerprint density at radius 3 is 2.33 bits per heavy atom. The predicted octanol–water partition coefficient (Wildman–Crippen LogP) is 5.50. The summed E-state index contributed by atoms with van der Waals surface area (Å²) >= 11 is 0. The minimum absolute atomic E-state index is 0.271. The Hall–Kier alpha value is -3.40. The summed E-state index contributed by atoms with van der Waals surface area (Å²) in [5.74, 6) is -0.571. The fourth-order valence-corrected chi connectivity index (χ4v) is 3.42. The lowest BCUT2D eigenvalue weighted by Crippen LogP contribution is -2.22. The lowest BCUT2D eigenvalue weighted by molar-refractivity contribution is -0.119. The number of carbonyl (C=O) groups excluding carboxylic acids is 2. The maximum Gasteiger partial charge on any atom is 0.338 e. The van der Waals surface area contributed by atoms with Crippen LogP contribution in [0.15, 0.2) is 72.8 Å². The van der Waals surface area contributed by atoms with Crippen molar-refractivity contribution in [2.45, 2.75) is 33.1 Å². The van der Waals surface area contributed by atoms with Crippen LogP contribution in [0.3, 0.4) is 0 Å². The molecule has 0 atom stereocenters. The van der Waals surface area contributed by atoms with Gasteiger partial charge in [-0.2, -0.15) is 0 Å². The van der Waals surface area contributed by atoms with Gasteiger partial charge in [0.05, 0.1) is 5.56 Å². The van der Waals surface area contributed by atoms with Crippen LogP contribution >= 0.6 is 0 Å². The molecule has 154 valence electrons. The molecule has 0 fully saturated rings. The van der Waals surface area contributed by atoms with Crippen LogP contribution in [0.4, 0.5) is 5.69 Å². The predicted molar refractivity (Wildman–Crippen MR) is 120 cm³/mol. The summed E-state index contributed by atoms with van der Waals surface area (Å²) in [6.07, 6.45) is 0.624. The highest BCUT2D eigenvalue weighted by atomic mass is 16.5. The lowest BCUT2D eigenvalue weighted by Gasteiger charge is -2.16. The number of hydrogen-bond donors (Lipinski definition) is 1. The van der Waals surface area contributed by atoms with Gasteiger partial charge in [-0.3, -0.25) is 4.79 Å². The molecule has 0 unspecified atom stereocenters. The average Bonchev–Trinajstić information content (AvgIpc) is 2.74. The van der Waals surface area contributed by atoms with Gasteiger partial charge in [-0.25, -0.2) is 4.79 Å². The molecule has 0 spiro atoms. The molecule has 0 saturated heterocycles. The summed E-state index contributed by atoms with van der Waals surface area (Å²) in [6.45, 7) is 5.78. The molecule has 30 heavy (non-hydrogen) atoms. The Labute approximate surface area is 177 Å². The van der Waals surface area contributed by atoms with Gasteiger partial charge >= 0.3 is 5.97 Å². The summed E-state index contributed by atoms with van der Waals surface area (Å²) in [5, 5.41) is 2.91. The Morgan fingerprint density at radius 2 is 1.60 bits per heavy atom. The van der Waals surface area contributed by atoms with Crippen LogP contribution in [0.1, 0.15) is 52.4 Å². The second-order valence-corrected chi connectivity index (χ2v) is 7.64. The molecule has 3 aromatic rings. The normalized spacial score (nSPS) is 10.7. The summed E-state index contributed by atoms with van der Waals surface area (Å²) in [4.78, 5) is 25.1. The van der Waals surface area contributed by atoms with Crippen LogP contribution in [0, 0.1) is 6.92 Å². The molecule has 0 radical (unpaired) electrons. The quantitative estimate of drug-likeness (QED) is 0.532. The van der Waals surface area contributed by atoms with Crippen molar-refractivity contribution in [3.63, 3.8) is 0 Å². The molecule has 0 bridgehead atoms. The van der Waals surface area contributed by atoms with Gasteiger partial charge in [0, 0.05) is 5.69 Å². The zero-order chi connectivity index (χ0) is 21.5. The number of carbonyl (C=O) groups is 2. The van der Waals surface area contributed by atoms with Crippen LogP contribution < -0.4 is 5.32 Å². The van der Waals surface area contributed by atoms with Gasteiger partial charge in [0.25, 0.3) is 5.91 Å². The Morgan fingerprint density at radius 1 is 0.900 bits per heavy atom. The van der Waals surface area contributed by atoms with E-state index in [0.717, 1.165) is 27.9 Å². The van der Waals surface area contributed by atoms with E-state index in [9.17, 15) is 9.59 Å². The number of ether oxygens (including phenoxy) is 1. The average molecular weight is 402 g/mol. The van der Waals surface area contributed by atoms with Crippen molar-refractivity contribution in [1.29, 1.82) is 0 Å². The fraction of sp³-hybridized carbons (Fsp3) is 0.231. The number of hydrogen-bond acceptors (Lipinski definition) is 3. The second-order valence-electron chi connectivity index (χ2n) is 7.64. The van der Waals surface area contributed by atoms with E-state index in [4.69, 9.17) is 4.74 Å². The minimum atomic E-state index is -0.495. The van der Waals surface area contributed by atoms with Crippen molar-refractivity contribution in [2.75, 3.05) is 11.9 Å². The first-order chi connectivity index (χ1) is 14.5. The molecule has 0 aliphatic carbocycles. The van der Waals surface area contributed by atoms with E-state index >= 15 is 0 Å².